The molecular weight excluding hydrogens is 196 g/mol. The van der Waals surface area contributed by atoms with E-state index < -0.39 is 0 Å². The minimum absolute atomic E-state index is 0.578. The topological polar surface area (TPSA) is 24.9 Å². The highest BCUT2D eigenvalue weighted by atomic mass is 14.9. The number of hydrogen-bond donors (Lipinski definition) is 1. The second-order valence-electron chi connectivity index (χ2n) is 4.55. The summed E-state index contributed by atoms with van der Waals surface area (Å²) in [5.41, 5.74) is 2.62. The van der Waals surface area contributed by atoms with Gasteiger partial charge in [0.1, 0.15) is 0 Å². The third-order valence-electron chi connectivity index (χ3n) is 3.52. The zero-order valence-electron chi connectivity index (χ0n) is 11.0. The molecular formula is C14H24N2. The molecule has 1 aromatic heterocycles. The van der Waals surface area contributed by atoms with E-state index in [-0.39, 0.29) is 0 Å². The second-order valence-corrected chi connectivity index (χ2v) is 4.55. The molecule has 1 rings (SSSR count). The predicted octanol–water partition coefficient (Wildman–Crippen LogP) is 3.30. The van der Waals surface area contributed by atoms with Crippen molar-refractivity contribution in [3.8, 4) is 0 Å². The molecule has 0 aliphatic heterocycles. The van der Waals surface area contributed by atoms with Crippen molar-refractivity contribution in [2.75, 3.05) is 0 Å². The van der Waals surface area contributed by atoms with Crippen molar-refractivity contribution in [1.82, 2.24) is 10.3 Å². The highest BCUT2D eigenvalue weighted by Crippen LogP contribution is 2.13. The Bertz CT molecular complexity index is 305. The van der Waals surface area contributed by atoms with Gasteiger partial charge >= 0.3 is 0 Å². The molecule has 2 heteroatoms. The molecule has 0 fully saturated rings. The van der Waals surface area contributed by atoms with Gasteiger partial charge in [-0.1, -0.05) is 26.7 Å². The average Bonchev–Trinajstić information content (AvgIpc) is 2.29. The lowest BCUT2D eigenvalue weighted by Crippen LogP contribution is -2.32. The van der Waals surface area contributed by atoms with Gasteiger partial charge in [0.05, 0.1) is 0 Å². The van der Waals surface area contributed by atoms with Gasteiger partial charge in [0.15, 0.2) is 0 Å². The molecule has 0 spiro atoms. The first kappa shape index (κ1) is 13.2. The number of rotatable bonds is 6. The Balaban J connectivity index is 2.48. The van der Waals surface area contributed by atoms with Crippen molar-refractivity contribution >= 4 is 0 Å². The Kier molecular flexibility index (Phi) is 5.47. The summed E-state index contributed by atoms with van der Waals surface area (Å²) in [5.74, 6) is 0.775. The van der Waals surface area contributed by atoms with Crippen LogP contribution < -0.4 is 5.32 Å². The number of aromatic nitrogens is 1. The Labute approximate surface area is 99.5 Å². The van der Waals surface area contributed by atoms with Crippen LogP contribution in [0.4, 0.5) is 0 Å². The third-order valence-corrected chi connectivity index (χ3v) is 3.52. The first-order chi connectivity index (χ1) is 7.69. The minimum atomic E-state index is 0.578. The summed E-state index contributed by atoms with van der Waals surface area (Å²) in [6, 6.07) is 2.65. The van der Waals surface area contributed by atoms with Crippen LogP contribution in [-0.2, 0) is 6.54 Å². The smallest absolute Gasteiger partial charge is 0.0315 e. The van der Waals surface area contributed by atoms with Crippen LogP contribution in [0.25, 0.3) is 0 Å². The molecule has 0 aliphatic rings. The van der Waals surface area contributed by atoms with Crippen molar-refractivity contribution in [3.05, 3.63) is 29.6 Å². The van der Waals surface area contributed by atoms with Crippen LogP contribution in [0, 0.1) is 12.8 Å². The molecule has 0 saturated heterocycles. The maximum absolute atomic E-state index is 4.17. The molecule has 0 bridgehead atoms. The Hall–Kier alpha value is -0.890. The number of nitrogens with one attached hydrogen (secondary N) is 1. The highest BCUT2D eigenvalue weighted by Gasteiger charge is 2.12. The third kappa shape index (κ3) is 3.60. The van der Waals surface area contributed by atoms with Gasteiger partial charge in [0.2, 0.25) is 0 Å². The molecule has 2 nitrogen and oxygen atoms in total. The Morgan fingerprint density at radius 2 is 2.00 bits per heavy atom. The van der Waals surface area contributed by atoms with Crippen LogP contribution in [0.15, 0.2) is 18.5 Å². The van der Waals surface area contributed by atoms with Crippen LogP contribution in [0.1, 0.15) is 44.7 Å². The van der Waals surface area contributed by atoms with E-state index in [1.807, 2.05) is 12.4 Å². The normalized spacial score (nSPS) is 13.1. The average molecular weight is 220 g/mol. The van der Waals surface area contributed by atoms with E-state index in [0.717, 1.165) is 12.5 Å². The lowest BCUT2D eigenvalue weighted by atomic mass is 9.95. The first-order valence-corrected chi connectivity index (χ1v) is 6.31. The number of nitrogens with zero attached hydrogens (tertiary/aromatic N) is 1. The van der Waals surface area contributed by atoms with Gasteiger partial charge in [-0.15, -0.1) is 0 Å². The van der Waals surface area contributed by atoms with E-state index in [4.69, 9.17) is 0 Å². The van der Waals surface area contributed by atoms with Crippen LogP contribution in [0.5, 0.6) is 0 Å². The molecule has 1 heterocycles. The van der Waals surface area contributed by atoms with Gasteiger partial charge in [-0.25, -0.2) is 0 Å². The predicted molar refractivity (Wildman–Crippen MR) is 69.3 cm³/mol. The quantitative estimate of drug-likeness (QED) is 0.795. The van der Waals surface area contributed by atoms with E-state index in [1.54, 1.807) is 0 Å². The summed E-state index contributed by atoms with van der Waals surface area (Å²) >= 11 is 0. The fraction of sp³-hybridized carbons (Fsp3) is 0.643. The molecule has 1 unspecified atom stereocenters. The standard InChI is InChI=1S/C14H24N2/c1-5-13(6-2)12(4)16-10-14-9-15-8-7-11(14)3/h7-9,12-13,16H,5-6,10H2,1-4H3. The van der Waals surface area contributed by atoms with Gasteiger partial charge in [0.25, 0.3) is 0 Å². The molecule has 90 valence electrons. The monoisotopic (exact) mass is 220 g/mol. The summed E-state index contributed by atoms with van der Waals surface area (Å²) in [7, 11) is 0. The van der Waals surface area contributed by atoms with Crippen molar-refractivity contribution in [2.24, 2.45) is 5.92 Å². The fourth-order valence-corrected chi connectivity index (χ4v) is 2.12. The molecule has 0 aromatic carbocycles. The van der Waals surface area contributed by atoms with Crippen molar-refractivity contribution in [2.45, 2.75) is 53.1 Å². The molecule has 0 saturated carbocycles. The second kappa shape index (κ2) is 6.64. The maximum atomic E-state index is 4.17. The van der Waals surface area contributed by atoms with E-state index in [0.29, 0.717) is 6.04 Å². The summed E-state index contributed by atoms with van der Waals surface area (Å²) in [6.07, 6.45) is 6.30. The molecule has 1 atom stereocenters. The van der Waals surface area contributed by atoms with E-state index >= 15 is 0 Å². The van der Waals surface area contributed by atoms with Crippen LogP contribution >= 0.6 is 0 Å². The molecule has 1 N–H and O–H groups in total. The molecule has 0 radical (unpaired) electrons. The molecule has 0 amide bonds. The van der Waals surface area contributed by atoms with Crippen molar-refractivity contribution < 1.29 is 0 Å². The van der Waals surface area contributed by atoms with E-state index in [2.05, 4.69) is 44.1 Å². The molecule has 1 aromatic rings. The lowest BCUT2D eigenvalue weighted by Gasteiger charge is -2.22. The van der Waals surface area contributed by atoms with Gasteiger partial charge in [-0.3, -0.25) is 4.98 Å². The van der Waals surface area contributed by atoms with Gasteiger partial charge in [-0.05, 0) is 37.0 Å². The minimum Gasteiger partial charge on any atom is -0.310 e. The maximum Gasteiger partial charge on any atom is 0.0315 e. The van der Waals surface area contributed by atoms with Gasteiger partial charge < -0.3 is 5.32 Å². The summed E-state index contributed by atoms with van der Waals surface area (Å²) in [4.78, 5) is 4.17. The Morgan fingerprint density at radius 3 is 2.56 bits per heavy atom. The number of aryl methyl sites for hydroxylation is 1. The number of hydrogen-bond acceptors (Lipinski definition) is 2. The van der Waals surface area contributed by atoms with Gasteiger partial charge in [0, 0.05) is 25.0 Å². The first-order valence-electron chi connectivity index (χ1n) is 6.31. The van der Waals surface area contributed by atoms with Gasteiger partial charge in [-0.2, -0.15) is 0 Å². The van der Waals surface area contributed by atoms with Crippen LogP contribution in [-0.4, -0.2) is 11.0 Å². The lowest BCUT2D eigenvalue weighted by molar-refractivity contribution is 0.353. The van der Waals surface area contributed by atoms with E-state index in [1.165, 1.54) is 24.0 Å². The summed E-state index contributed by atoms with van der Waals surface area (Å²) < 4.78 is 0. The number of pyridine rings is 1. The van der Waals surface area contributed by atoms with Crippen LogP contribution in [0.2, 0.25) is 0 Å². The van der Waals surface area contributed by atoms with Crippen molar-refractivity contribution in [3.63, 3.8) is 0 Å². The van der Waals surface area contributed by atoms with Crippen LogP contribution in [0.3, 0.4) is 0 Å². The van der Waals surface area contributed by atoms with Crippen molar-refractivity contribution in [1.29, 1.82) is 0 Å². The largest absolute Gasteiger partial charge is 0.310 e. The zero-order valence-corrected chi connectivity index (χ0v) is 11.0. The van der Waals surface area contributed by atoms with E-state index in [9.17, 15) is 0 Å². The summed E-state index contributed by atoms with van der Waals surface area (Å²) in [6.45, 7) is 9.88. The Morgan fingerprint density at radius 1 is 1.31 bits per heavy atom. The highest BCUT2D eigenvalue weighted by molar-refractivity contribution is 5.21. The molecule has 16 heavy (non-hydrogen) atoms. The molecule has 0 aliphatic carbocycles. The SMILES string of the molecule is CCC(CC)C(C)NCc1cnccc1C. The summed E-state index contributed by atoms with van der Waals surface area (Å²) in [5, 5.41) is 3.60. The fourth-order valence-electron chi connectivity index (χ4n) is 2.12. The zero-order chi connectivity index (χ0) is 12.0.